The summed E-state index contributed by atoms with van der Waals surface area (Å²) in [5.74, 6) is -0.120. The first-order valence-corrected chi connectivity index (χ1v) is 6.78. The van der Waals surface area contributed by atoms with E-state index >= 15 is 0 Å². The van der Waals surface area contributed by atoms with E-state index in [1.54, 1.807) is 0 Å². The predicted molar refractivity (Wildman–Crippen MR) is 66.7 cm³/mol. The van der Waals surface area contributed by atoms with E-state index in [1.807, 2.05) is 6.92 Å². The first-order valence-electron chi connectivity index (χ1n) is 6.78. The molecule has 0 heterocycles. The van der Waals surface area contributed by atoms with Gasteiger partial charge in [0.2, 0.25) is 5.91 Å². The van der Waals surface area contributed by atoms with Gasteiger partial charge < -0.3 is 15.2 Å². The van der Waals surface area contributed by atoms with Crippen molar-refractivity contribution < 1.29 is 14.6 Å². The zero-order valence-electron chi connectivity index (χ0n) is 10.8. The van der Waals surface area contributed by atoms with Crippen LogP contribution in [-0.4, -0.2) is 36.4 Å². The summed E-state index contributed by atoms with van der Waals surface area (Å²) in [6.45, 7) is 2.47. The Kier molecular flexibility index (Phi) is 7.21. The summed E-state index contributed by atoms with van der Waals surface area (Å²) >= 11 is 0. The van der Waals surface area contributed by atoms with Crippen molar-refractivity contribution in [1.82, 2.24) is 5.32 Å². The van der Waals surface area contributed by atoms with E-state index < -0.39 is 6.10 Å². The van der Waals surface area contributed by atoms with Gasteiger partial charge in [-0.15, -0.1) is 0 Å². The lowest BCUT2D eigenvalue weighted by Gasteiger charge is -2.21. The Morgan fingerprint density at radius 3 is 2.76 bits per heavy atom. The normalized spacial score (nSPS) is 18.9. The second-order valence-electron chi connectivity index (χ2n) is 4.82. The number of hydrogen-bond acceptors (Lipinski definition) is 3. The molecule has 1 amide bonds. The molecule has 0 saturated heterocycles. The van der Waals surface area contributed by atoms with Crippen LogP contribution in [0.25, 0.3) is 0 Å². The van der Waals surface area contributed by atoms with Gasteiger partial charge in [-0.05, 0) is 19.3 Å². The van der Waals surface area contributed by atoms with Crippen LogP contribution in [0.2, 0.25) is 0 Å². The van der Waals surface area contributed by atoms with Crippen LogP contribution < -0.4 is 5.32 Å². The molecule has 1 rings (SSSR count). The van der Waals surface area contributed by atoms with Crippen molar-refractivity contribution in [3.63, 3.8) is 0 Å². The van der Waals surface area contributed by atoms with Crippen molar-refractivity contribution in [1.29, 1.82) is 0 Å². The molecule has 1 fully saturated rings. The van der Waals surface area contributed by atoms with Gasteiger partial charge in [0.25, 0.3) is 0 Å². The van der Waals surface area contributed by atoms with Crippen molar-refractivity contribution in [3.05, 3.63) is 0 Å². The molecule has 1 unspecified atom stereocenters. The molecule has 2 N–H and O–H groups in total. The SMILES string of the molecule is CCCC(O)CNC(=O)COC1CCCCC1. The summed E-state index contributed by atoms with van der Waals surface area (Å²) in [6.07, 6.45) is 7.34. The van der Waals surface area contributed by atoms with Crippen LogP contribution >= 0.6 is 0 Å². The van der Waals surface area contributed by atoms with Crippen LogP contribution in [0.5, 0.6) is 0 Å². The zero-order valence-corrected chi connectivity index (χ0v) is 10.8. The highest BCUT2D eigenvalue weighted by Crippen LogP contribution is 2.19. The molecule has 0 radical (unpaired) electrons. The highest BCUT2D eigenvalue weighted by molar-refractivity contribution is 5.77. The van der Waals surface area contributed by atoms with Gasteiger partial charge in [-0.2, -0.15) is 0 Å². The fourth-order valence-electron chi connectivity index (χ4n) is 2.14. The molecule has 1 aliphatic rings. The average Bonchev–Trinajstić information content (AvgIpc) is 2.35. The molecule has 0 aromatic carbocycles. The molecule has 17 heavy (non-hydrogen) atoms. The number of nitrogens with one attached hydrogen (secondary N) is 1. The maximum absolute atomic E-state index is 11.4. The van der Waals surface area contributed by atoms with Crippen molar-refractivity contribution >= 4 is 5.91 Å². The Bertz CT molecular complexity index is 215. The third-order valence-electron chi connectivity index (χ3n) is 3.16. The summed E-state index contributed by atoms with van der Waals surface area (Å²) in [7, 11) is 0. The molecule has 1 saturated carbocycles. The lowest BCUT2D eigenvalue weighted by Crippen LogP contribution is -2.35. The summed E-state index contributed by atoms with van der Waals surface area (Å²) < 4.78 is 5.54. The van der Waals surface area contributed by atoms with E-state index in [9.17, 15) is 9.90 Å². The summed E-state index contributed by atoms with van der Waals surface area (Å²) in [6, 6.07) is 0. The van der Waals surface area contributed by atoms with Crippen LogP contribution in [0, 0.1) is 0 Å². The molecule has 0 bridgehead atoms. The number of aliphatic hydroxyl groups excluding tert-OH is 1. The maximum atomic E-state index is 11.4. The number of aliphatic hydroxyl groups is 1. The third-order valence-corrected chi connectivity index (χ3v) is 3.16. The molecule has 0 aliphatic heterocycles. The van der Waals surface area contributed by atoms with Gasteiger partial charge in [-0.25, -0.2) is 0 Å². The molecule has 4 heteroatoms. The highest BCUT2D eigenvalue weighted by Gasteiger charge is 2.15. The topological polar surface area (TPSA) is 58.6 Å². The zero-order chi connectivity index (χ0) is 12.5. The van der Waals surface area contributed by atoms with E-state index in [0.717, 1.165) is 25.7 Å². The quantitative estimate of drug-likeness (QED) is 0.714. The largest absolute Gasteiger partial charge is 0.391 e. The van der Waals surface area contributed by atoms with Crippen molar-refractivity contribution in [2.24, 2.45) is 0 Å². The molecule has 1 atom stereocenters. The fourth-order valence-corrected chi connectivity index (χ4v) is 2.14. The molecule has 0 aromatic heterocycles. The molecular formula is C13H25NO3. The van der Waals surface area contributed by atoms with Gasteiger partial charge in [-0.1, -0.05) is 32.6 Å². The minimum Gasteiger partial charge on any atom is -0.391 e. The van der Waals surface area contributed by atoms with Crippen molar-refractivity contribution in [2.45, 2.75) is 64.1 Å². The molecule has 4 nitrogen and oxygen atoms in total. The maximum Gasteiger partial charge on any atom is 0.246 e. The Labute approximate surface area is 104 Å². The lowest BCUT2D eigenvalue weighted by atomic mass is 9.98. The Balaban J connectivity index is 2.04. The summed E-state index contributed by atoms with van der Waals surface area (Å²) in [4.78, 5) is 11.4. The second-order valence-corrected chi connectivity index (χ2v) is 4.82. The van der Waals surface area contributed by atoms with E-state index in [2.05, 4.69) is 5.32 Å². The van der Waals surface area contributed by atoms with E-state index in [0.29, 0.717) is 6.54 Å². The van der Waals surface area contributed by atoms with Crippen LogP contribution in [0.1, 0.15) is 51.9 Å². The van der Waals surface area contributed by atoms with Gasteiger partial charge in [0.05, 0.1) is 12.2 Å². The number of hydrogen-bond donors (Lipinski definition) is 2. The van der Waals surface area contributed by atoms with E-state index in [1.165, 1.54) is 19.3 Å². The monoisotopic (exact) mass is 243 g/mol. The van der Waals surface area contributed by atoms with Gasteiger partial charge >= 0.3 is 0 Å². The molecular weight excluding hydrogens is 218 g/mol. The third kappa shape index (κ3) is 6.64. The minimum absolute atomic E-state index is 0.120. The molecule has 100 valence electrons. The number of carbonyl (C=O) groups is 1. The first kappa shape index (κ1) is 14.5. The number of carbonyl (C=O) groups excluding carboxylic acids is 1. The first-order chi connectivity index (χ1) is 8.22. The smallest absolute Gasteiger partial charge is 0.246 e. The van der Waals surface area contributed by atoms with Crippen LogP contribution in [-0.2, 0) is 9.53 Å². The highest BCUT2D eigenvalue weighted by atomic mass is 16.5. The van der Waals surface area contributed by atoms with Gasteiger partial charge in [-0.3, -0.25) is 4.79 Å². The van der Waals surface area contributed by atoms with Crippen LogP contribution in [0.15, 0.2) is 0 Å². The fraction of sp³-hybridized carbons (Fsp3) is 0.923. The van der Waals surface area contributed by atoms with Crippen LogP contribution in [0.4, 0.5) is 0 Å². The second kappa shape index (κ2) is 8.48. The number of ether oxygens (including phenoxy) is 1. The molecule has 0 spiro atoms. The Morgan fingerprint density at radius 1 is 1.41 bits per heavy atom. The number of rotatable bonds is 7. The van der Waals surface area contributed by atoms with Gasteiger partial charge in [0.1, 0.15) is 6.61 Å². The Hall–Kier alpha value is -0.610. The van der Waals surface area contributed by atoms with Gasteiger partial charge in [0, 0.05) is 6.54 Å². The van der Waals surface area contributed by atoms with E-state index in [-0.39, 0.29) is 18.6 Å². The standard InChI is InChI=1S/C13H25NO3/c1-2-6-11(15)9-14-13(16)10-17-12-7-4-3-5-8-12/h11-12,15H,2-10H2,1H3,(H,14,16). The predicted octanol–water partition coefficient (Wildman–Crippen LogP) is 1.61. The Morgan fingerprint density at radius 2 is 2.12 bits per heavy atom. The number of amides is 1. The van der Waals surface area contributed by atoms with Gasteiger partial charge in [0.15, 0.2) is 0 Å². The van der Waals surface area contributed by atoms with Crippen LogP contribution in [0.3, 0.4) is 0 Å². The molecule has 0 aromatic rings. The minimum atomic E-state index is -0.432. The summed E-state index contributed by atoms with van der Waals surface area (Å²) in [5, 5.41) is 12.2. The van der Waals surface area contributed by atoms with Crippen molar-refractivity contribution in [3.8, 4) is 0 Å². The van der Waals surface area contributed by atoms with Crippen molar-refractivity contribution in [2.75, 3.05) is 13.2 Å². The average molecular weight is 243 g/mol. The lowest BCUT2D eigenvalue weighted by molar-refractivity contribution is -0.128. The van der Waals surface area contributed by atoms with E-state index in [4.69, 9.17) is 4.74 Å². The summed E-state index contributed by atoms with van der Waals surface area (Å²) in [5.41, 5.74) is 0. The molecule has 1 aliphatic carbocycles.